The molecule has 2 rings (SSSR count). The number of H-pyrrole nitrogens is 1. The van der Waals surface area contributed by atoms with Crippen LogP contribution in [0.1, 0.15) is 36.2 Å². The van der Waals surface area contributed by atoms with E-state index in [4.69, 9.17) is 5.11 Å². The number of aliphatic hydroxyl groups is 1. The fourth-order valence-electron chi connectivity index (χ4n) is 1.62. The van der Waals surface area contributed by atoms with E-state index in [9.17, 15) is 4.79 Å². The van der Waals surface area contributed by atoms with Crippen molar-refractivity contribution in [2.45, 2.75) is 32.2 Å². The van der Waals surface area contributed by atoms with E-state index >= 15 is 0 Å². The van der Waals surface area contributed by atoms with Gasteiger partial charge in [-0.2, -0.15) is 0 Å². The van der Waals surface area contributed by atoms with Crippen LogP contribution >= 0.6 is 0 Å². The SMILES string of the molecule is CCc1nc(C(=O)N(CCO)C2CC2)n[nH]1. The van der Waals surface area contributed by atoms with E-state index in [2.05, 4.69) is 15.2 Å². The van der Waals surface area contributed by atoms with Crippen molar-refractivity contribution in [2.75, 3.05) is 13.2 Å². The summed E-state index contributed by atoms with van der Waals surface area (Å²) in [6.07, 6.45) is 2.75. The molecular weight excluding hydrogens is 208 g/mol. The molecule has 0 bridgehead atoms. The topological polar surface area (TPSA) is 82.1 Å². The second-order valence-electron chi connectivity index (χ2n) is 3.91. The quantitative estimate of drug-likeness (QED) is 0.735. The highest BCUT2D eigenvalue weighted by atomic mass is 16.3. The minimum Gasteiger partial charge on any atom is -0.395 e. The van der Waals surface area contributed by atoms with Crippen molar-refractivity contribution >= 4 is 5.91 Å². The summed E-state index contributed by atoms with van der Waals surface area (Å²) in [5, 5.41) is 15.5. The Balaban J connectivity index is 2.09. The molecule has 0 aliphatic heterocycles. The minimum absolute atomic E-state index is 0.0205. The molecule has 1 aliphatic carbocycles. The van der Waals surface area contributed by atoms with E-state index in [1.165, 1.54) is 0 Å². The first kappa shape index (κ1) is 11.1. The Kier molecular flexibility index (Phi) is 3.19. The second-order valence-corrected chi connectivity index (χ2v) is 3.91. The van der Waals surface area contributed by atoms with Crippen LogP contribution in [0.15, 0.2) is 0 Å². The molecule has 0 aromatic carbocycles. The first-order valence-corrected chi connectivity index (χ1v) is 5.59. The number of aliphatic hydroxyl groups excluding tert-OH is 1. The molecule has 0 atom stereocenters. The van der Waals surface area contributed by atoms with E-state index in [0.29, 0.717) is 12.4 Å². The molecule has 1 saturated carbocycles. The largest absolute Gasteiger partial charge is 0.395 e. The number of amides is 1. The number of rotatable bonds is 5. The predicted octanol–water partition coefficient (Wildman–Crippen LogP) is -0.0360. The number of nitrogens with zero attached hydrogens (tertiary/aromatic N) is 3. The fraction of sp³-hybridized carbons (Fsp3) is 0.700. The van der Waals surface area contributed by atoms with E-state index in [-0.39, 0.29) is 24.4 Å². The summed E-state index contributed by atoms with van der Waals surface area (Å²) < 4.78 is 0. The first-order valence-electron chi connectivity index (χ1n) is 5.59. The summed E-state index contributed by atoms with van der Waals surface area (Å²) in [4.78, 5) is 17.8. The summed E-state index contributed by atoms with van der Waals surface area (Å²) >= 11 is 0. The lowest BCUT2D eigenvalue weighted by atomic mass is 10.4. The molecule has 1 aliphatic rings. The van der Waals surface area contributed by atoms with Gasteiger partial charge in [0.2, 0.25) is 5.82 Å². The predicted molar refractivity (Wildman–Crippen MR) is 56.9 cm³/mol. The van der Waals surface area contributed by atoms with Gasteiger partial charge >= 0.3 is 0 Å². The lowest BCUT2D eigenvalue weighted by molar-refractivity contribution is 0.0695. The molecule has 1 heterocycles. The summed E-state index contributed by atoms with van der Waals surface area (Å²) in [6.45, 7) is 2.29. The molecule has 0 radical (unpaired) electrons. The van der Waals surface area contributed by atoms with Gasteiger partial charge in [-0.25, -0.2) is 4.98 Å². The number of hydrogen-bond acceptors (Lipinski definition) is 4. The number of hydrogen-bond donors (Lipinski definition) is 2. The second kappa shape index (κ2) is 4.61. The highest BCUT2D eigenvalue weighted by Crippen LogP contribution is 2.27. The molecule has 2 N–H and O–H groups in total. The Morgan fingerprint density at radius 3 is 2.88 bits per heavy atom. The van der Waals surface area contributed by atoms with Gasteiger partial charge in [-0.1, -0.05) is 6.92 Å². The number of carbonyl (C=O) groups is 1. The van der Waals surface area contributed by atoms with E-state index in [1.807, 2.05) is 6.92 Å². The van der Waals surface area contributed by atoms with Crippen molar-refractivity contribution in [3.8, 4) is 0 Å². The van der Waals surface area contributed by atoms with Crippen LogP contribution in [-0.2, 0) is 6.42 Å². The van der Waals surface area contributed by atoms with Crippen molar-refractivity contribution in [1.29, 1.82) is 0 Å². The monoisotopic (exact) mass is 224 g/mol. The normalized spacial score (nSPS) is 15.1. The molecule has 6 nitrogen and oxygen atoms in total. The molecule has 0 unspecified atom stereocenters. The van der Waals surface area contributed by atoms with Crippen LogP contribution in [0.3, 0.4) is 0 Å². The van der Waals surface area contributed by atoms with Crippen molar-refractivity contribution in [2.24, 2.45) is 0 Å². The third kappa shape index (κ3) is 2.21. The minimum atomic E-state index is -0.187. The maximum Gasteiger partial charge on any atom is 0.293 e. The van der Waals surface area contributed by atoms with Gasteiger partial charge in [0, 0.05) is 19.0 Å². The Morgan fingerprint density at radius 1 is 1.62 bits per heavy atom. The van der Waals surface area contributed by atoms with Crippen LogP contribution in [0.2, 0.25) is 0 Å². The van der Waals surface area contributed by atoms with E-state index in [0.717, 1.165) is 19.3 Å². The molecule has 1 aromatic heterocycles. The first-order chi connectivity index (χ1) is 7.76. The third-order valence-electron chi connectivity index (χ3n) is 2.65. The van der Waals surface area contributed by atoms with Crippen LogP contribution in [-0.4, -0.2) is 50.3 Å². The highest BCUT2D eigenvalue weighted by Gasteiger charge is 2.34. The van der Waals surface area contributed by atoms with Crippen molar-refractivity contribution in [3.63, 3.8) is 0 Å². The Bertz CT molecular complexity index is 373. The van der Waals surface area contributed by atoms with Crippen LogP contribution in [0.5, 0.6) is 0 Å². The van der Waals surface area contributed by atoms with Crippen LogP contribution in [0.25, 0.3) is 0 Å². The Hall–Kier alpha value is -1.43. The summed E-state index contributed by atoms with van der Waals surface area (Å²) in [6, 6.07) is 0.267. The maximum atomic E-state index is 12.0. The lowest BCUT2D eigenvalue weighted by Gasteiger charge is -2.19. The number of aryl methyl sites for hydroxylation is 1. The van der Waals surface area contributed by atoms with Crippen molar-refractivity contribution < 1.29 is 9.90 Å². The standard InChI is InChI=1S/C10H16N4O2/c1-2-8-11-9(13-12-8)10(16)14(5-6-15)7-3-4-7/h7,15H,2-6H2,1H3,(H,11,12,13). The van der Waals surface area contributed by atoms with Crippen molar-refractivity contribution in [1.82, 2.24) is 20.1 Å². The smallest absolute Gasteiger partial charge is 0.293 e. The number of carbonyl (C=O) groups excluding carboxylic acids is 1. The zero-order valence-electron chi connectivity index (χ0n) is 9.31. The average Bonchev–Trinajstić information content (AvgIpc) is 3.02. The maximum absolute atomic E-state index is 12.0. The average molecular weight is 224 g/mol. The lowest BCUT2D eigenvalue weighted by Crippen LogP contribution is -2.36. The van der Waals surface area contributed by atoms with Gasteiger partial charge < -0.3 is 10.0 Å². The summed E-state index contributed by atoms with van der Waals surface area (Å²) in [5.41, 5.74) is 0. The van der Waals surface area contributed by atoms with Gasteiger partial charge in [-0.3, -0.25) is 9.89 Å². The molecule has 1 fully saturated rings. The number of aromatic amines is 1. The number of nitrogens with one attached hydrogen (secondary N) is 1. The van der Waals surface area contributed by atoms with Crippen LogP contribution < -0.4 is 0 Å². The zero-order valence-corrected chi connectivity index (χ0v) is 9.31. The van der Waals surface area contributed by atoms with Gasteiger partial charge in [-0.05, 0) is 12.8 Å². The third-order valence-corrected chi connectivity index (χ3v) is 2.65. The molecule has 0 saturated heterocycles. The summed E-state index contributed by atoms with van der Waals surface area (Å²) in [5.74, 6) is 0.729. The Morgan fingerprint density at radius 2 is 2.38 bits per heavy atom. The highest BCUT2D eigenvalue weighted by molar-refractivity contribution is 5.90. The van der Waals surface area contributed by atoms with Gasteiger partial charge in [0.05, 0.1) is 6.61 Å². The molecule has 1 aromatic rings. The van der Waals surface area contributed by atoms with Crippen LogP contribution in [0.4, 0.5) is 0 Å². The molecule has 6 heteroatoms. The van der Waals surface area contributed by atoms with Gasteiger partial charge in [-0.15, -0.1) is 5.10 Å². The Labute approximate surface area is 93.7 Å². The van der Waals surface area contributed by atoms with Gasteiger partial charge in [0.25, 0.3) is 5.91 Å². The van der Waals surface area contributed by atoms with E-state index in [1.54, 1.807) is 4.90 Å². The summed E-state index contributed by atoms with van der Waals surface area (Å²) in [7, 11) is 0. The molecule has 88 valence electrons. The molecular formula is C10H16N4O2. The number of aromatic nitrogens is 3. The van der Waals surface area contributed by atoms with Crippen LogP contribution in [0, 0.1) is 0 Å². The van der Waals surface area contributed by atoms with E-state index < -0.39 is 0 Å². The fourth-order valence-corrected chi connectivity index (χ4v) is 1.62. The van der Waals surface area contributed by atoms with Gasteiger partial charge in [0.1, 0.15) is 5.82 Å². The molecule has 0 spiro atoms. The zero-order chi connectivity index (χ0) is 11.5. The molecule has 1 amide bonds. The van der Waals surface area contributed by atoms with Crippen molar-refractivity contribution in [3.05, 3.63) is 11.6 Å². The molecule has 16 heavy (non-hydrogen) atoms. The van der Waals surface area contributed by atoms with Gasteiger partial charge in [0.15, 0.2) is 0 Å².